The Balaban J connectivity index is 1.13. The molecule has 8 saturated carbocycles. The van der Waals surface area contributed by atoms with Gasteiger partial charge in [-0.3, -0.25) is 9.59 Å². The maximum absolute atomic E-state index is 14.3. The van der Waals surface area contributed by atoms with Crippen LogP contribution in [0.4, 0.5) is 0 Å². The lowest BCUT2D eigenvalue weighted by molar-refractivity contribution is -0.159. The molecule has 0 radical (unpaired) electrons. The van der Waals surface area contributed by atoms with E-state index < -0.39 is 8.07 Å². The average molecular weight is 497 g/mol. The molecule has 0 aromatic heterocycles. The maximum atomic E-state index is 14.3. The van der Waals surface area contributed by atoms with Crippen LogP contribution in [0.2, 0.25) is 25.2 Å². The summed E-state index contributed by atoms with van der Waals surface area (Å²) >= 11 is 0. The molecule has 9 aliphatic rings. The molecular formula is C30H48N2O2Si. The third-order valence-electron chi connectivity index (χ3n) is 12.3. The topological polar surface area (TPSA) is 40.6 Å². The Morgan fingerprint density at radius 3 is 1.11 bits per heavy atom. The quantitative estimate of drug-likeness (QED) is 0.464. The maximum Gasteiger partial charge on any atom is 0.228 e. The Kier molecular flexibility index (Phi) is 5.21. The van der Waals surface area contributed by atoms with Crippen LogP contribution < -0.4 is 0 Å². The molecule has 35 heavy (non-hydrogen) atoms. The number of hydrogen-bond acceptors (Lipinski definition) is 2. The Morgan fingerprint density at radius 2 is 0.857 bits per heavy atom. The van der Waals surface area contributed by atoms with E-state index in [0.29, 0.717) is 17.4 Å². The summed E-state index contributed by atoms with van der Waals surface area (Å²) in [5.74, 6) is 5.81. The monoisotopic (exact) mass is 496 g/mol. The van der Waals surface area contributed by atoms with E-state index in [9.17, 15) is 9.59 Å². The van der Waals surface area contributed by atoms with Gasteiger partial charge in [0, 0.05) is 26.2 Å². The van der Waals surface area contributed by atoms with E-state index in [4.69, 9.17) is 0 Å². The van der Waals surface area contributed by atoms with E-state index in [1.54, 1.807) is 0 Å². The first-order valence-corrected chi connectivity index (χ1v) is 18.8. The molecule has 0 N–H and O–H groups in total. The van der Waals surface area contributed by atoms with Crippen LogP contribution in [0.3, 0.4) is 0 Å². The van der Waals surface area contributed by atoms with Gasteiger partial charge in [0.1, 0.15) is 0 Å². The predicted octanol–water partition coefficient (Wildman–Crippen LogP) is 5.80. The standard InChI is InChI=1S/C30H48N2O2Si/c1-35(2,3)26-18-31(27(33)29-12-20-6-21(13-29)8-22(7-20)14-29)4-5-32(19-26)28(34)30-15-23-9-24(16-30)11-25(10-23)17-30/h20-26H,4-19H2,1-3H3. The van der Waals surface area contributed by atoms with Crippen molar-refractivity contribution >= 4 is 19.9 Å². The average Bonchev–Trinajstić information content (AvgIpc) is 2.99. The van der Waals surface area contributed by atoms with E-state index in [1.165, 1.54) is 38.5 Å². The third kappa shape index (κ3) is 3.79. The van der Waals surface area contributed by atoms with Gasteiger partial charge in [0.15, 0.2) is 0 Å². The van der Waals surface area contributed by atoms with Gasteiger partial charge >= 0.3 is 0 Å². The lowest BCUT2D eigenvalue weighted by Crippen LogP contribution is -2.56. The molecule has 9 rings (SSSR count). The second-order valence-corrected chi connectivity index (χ2v) is 21.5. The fourth-order valence-electron chi connectivity index (χ4n) is 11.3. The lowest BCUT2D eigenvalue weighted by atomic mass is 9.49. The van der Waals surface area contributed by atoms with Crippen molar-refractivity contribution in [3.05, 3.63) is 0 Å². The Hall–Kier alpha value is -0.843. The van der Waals surface area contributed by atoms with Crippen molar-refractivity contribution < 1.29 is 9.59 Å². The van der Waals surface area contributed by atoms with Crippen molar-refractivity contribution in [2.75, 3.05) is 26.2 Å². The second kappa shape index (κ2) is 7.83. The number of carbonyl (C=O) groups excluding carboxylic acids is 2. The van der Waals surface area contributed by atoms with Crippen LogP contribution in [0, 0.1) is 46.3 Å². The van der Waals surface area contributed by atoms with Gasteiger partial charge in [0.05, 0.1) is 18.9 Å². The molecule has 1 aliphatic heterocycles. The van der Waals surface area contributed by atoms with Gasteiger partial charge in [-0.05, 0) is 118 Å². The number of amides is 2. The van der Waals surface area contributed by atoms with E-state index >= 15 is 0 Å². The van der Waals surface area contributed by atoms with Crippen molar-refractivity contribution in [1.82, 2.24) is 9.80 Å². The zero-order valence-corrected chi connectivity index (χ0v) is 23.6. The summed E-state index contributed by atoms with van der Waals surface area (Å²) in [4.78, 5) is 33.2. The minimum atomic E-state index is -1.53. The van der Waals surface area contributed by atoms with Crippen LogP contribution in [0.25, 0.3) is 0 Å². The molecule has 1 heterocycles. The van der Waals surface area contributed by atoms with Crippen LogP contribution in [0.15, 0.2) is 0 Å². The fourth-order valence-corrected chi connectivity index (χ4v) is 12.9. The van der Waals surface area contributed by atoms with Gasteiger partial charge in [0.2, 0.25) is 11.8 Å². The van der Waals surface area contributed by atoms with Gasteiger partial charge in [-0.15, -0.1) is 0 Å². The highest BCUT2D eigenvalue weighted by atomic mass is 28.3. The second-order valence-electron chi connectivity index (χ2n) is 16.0. The minimum Gasteiger partial charge on any atom is -0.340 e. The van der Waals surface area contributed by atoms with E-state index in [-0.39, 0.29) is 10.8 Å². The van der Waals surface area contributed by atoms with Crippen molar-refractivity contribution in [3.63, 3.8) is 0 Å². The first kappa shape index (κ1) is 23.3. The molecule has 0 atom stereocenters. The van der Waals surface area contributed by atoms with E-state index in [1.807, 2.05) is 0 Å². The van der Waals surface area contributed by atoms with Crippen LogP contribution >= 0.6 is 0 Å². The summed E-state index contributed by atoms with van der Waals surface area (Å²) in [6, 6.07) is 0. The normalized spacial score (nSPS) is 48.4. The van der Waals surface area contributed by atoms with Crippen molar-refractivity contribution in [2.45, 2.75) is 102 Å². The molecule has 0 aromatic rings. The van der Waals surface area contributed by atoms with Crippen LogP contribution in [-0.4, -0.2) is 55.9 Å². The first-order chi connectivity index (χ1) is 16.6. The highest BCUT2D eigenvalue weighted by molar-refractivity contribution is 6.77. The highest BCUT2D eigenvalue weighted by Gasteiger charge is 2.58. The van der Waals surface area contributed by atoms with Crippen molar-refractivity contribution in [1.29, 1.82) is 0 Å². The molecule has 8 aliphatic carbocycles. The summed E-state index contributed by atoms with van der Waals surface area (Å²) in [5.41, 5.74) is 0.371. The van der Waals surface area contributed by atoms with Crippen LogP contribution in [0.1, 0.15) is 77.0 Å². The number of hydrogen-bond donors (Lipinski definition) is 0. The highest BCUT2D eigenvalue weighted by Crippen LogP contribution is 2.62. The molecule has 0 aromatic carbocycles. The van der Waals surface area contributed by atoms with E-state index in [2.05, 4.69) is 29.4 Å². The Labute approximate surface area is 214 Å². The van der Waals surface area contributed by atoms with Crippen LogP contribution in [-0.2, 0) is 9.59 Å². The molecule has 5 heteroatoms. The number of carbonyl (C=O) groups is 2. The van der Waals surface area contributed by atoms with Crippen molar-refractivity contribution in [2.24, 2.45) is 46.3 Å². The molecular weight excluding hydrogens is 448 g/mol. The van der Waals surface area contributed by atoms with Crippen LogP contribution in [0.5, 0.6) is 0 Å². The molecule has 9 fully saturated rings. The third-order valence-corrected chi connectivity index (χ3v) is 15.1. The van der Waals surface area contributed by atoms with Crippen molar-refractivity contribution in [3.8, 4) is 0 Å². The predicted molar refractivity (Wildman–Crippen MR) is 141 cm³/mol. The summed E-state index contributed by atoms with van der Waals surface area (Å²) < 4.78 is 0. The summed E-state index contributed by atoms with van der Waals surface area (Å²) in [6.45, 7) is 10.7. The molecule has 8 bridgehead atoms. The molecule has 0 unspecified atom stereocenters. The Morgan fingerprint density at radius 1 is 0.571 bits per heavy atom. The molecule has 0 spiro atoms. The van der Waals surface area contributed by atoms with Gasteiger partial charge in [0.25, 0.3) is 0 Å². The summed E-state index contributed by atoms with van der Waals surface area (Å²) in [5, 5.41) is 0. The number of nitrogens with zero attached hydrogens (tertiary/aromatic N) is 2. The molecule has 1 saturated heterocycles. The van der Waals surface area contributed by atoms with Gasteiger partial charge in [-0.1, -0.05) is 19.6 Å². The molecule has 4 nitrogen and oxygen atoms in total. The molecule has 194 valence electrons. The first-order valence-electron chi connectivity index (χ1n) is 15.2. The Bertz CT molecular complexity index is 770. The smallest absolute Gasteiger partial charge is 0.228 e. The van der Waals surface area contributed by atoms with Gasteiger partial charge in [-0.25, -0.2) is 0 Å². The van der Waals surface area contributed by atoms with Gasteiger partial charge in [-0.2, -0.15) is 0 Å². The largest absolute Gasteiger partial charge is 0.340 e. The molecule has 2 amide bonds. The summed E-state index contributed by atoms with van der Waals surface area (Å²) in [6.07, 6.45) is 15.2. The van der Waals surface area contributed by atoms with Gasteiger partial charge < -0.3 is 9.80 Å². The zero-order chi connectivity index (χ0) is 24.2. The van der Waals surface area contributed by atoms with E-state index in [0.717, 1.165) is 100 Å². The lowest BCUT2D eigenvalue weighted by Gasteiger charge is -2.57. The zero-order valence-electron chi connectivity index (χ0n) is 22.6. The number of rotatable bonds is 3. The minimum absolute atomic E-state index is 0.0577. The summed E-state index contributed by atoms with van der Waals surface area (Å²) in [7, 11) is -1.53. The SMILES string of the molecule is C[Si](C)(C)C1CN(C(=O)C23CC4CC(CC(C4)C2)C3)CCN(C(=O)C23CC4CC(CC(C4)C2)C3)C1. The fraction of sp³-hybridized carbons (Fsp3) is 0.933.